The first kappa shape index (κ1) is 15.4. The first-order chi connectivity index (χ1) is 9.35. The molecule has 112 valence electrons. The van der Waals surface area contributed by atoms with Gasteiger partial charge in [0.25, 0.3) is 5.91 Å². The van der Waals surface area contributed by atoms with Gasteiger partial charge in [-0.1, -0.05) is 11.3 Å². The maximum Gasteiger partial charge on any atom is 0.265 e. The number of nitrogen functional groups attached to an aromatic ring is 1. The van der Waals surface area contributed by atoms with Crippen molar-refractivity contribution in [1.82, 2.24) is 10.3 Å². The number of anilines is 2. The molecule has 1 aliphatic heterocycles. The summed E-state index contributed by atoms with van der Waals surface area (Å²) in [5, 5.41) is 6.90. The zero-order valence-electron chi connectivity index (χ0n) is 12.2. The second-order valence-electron chi connectivity index (χ2n) is 6.05. The molecule has 1 aromatic heterocycles. The molecule has 20 heavy (non-hydrogen) atoms. The van der Waals surface area contributed by atoms with Gasteiger partial charge in [0.1, 0.15) is 10.7 Å². The average molecular weight is 314 g/mol. The van der Waals surface area contributed by atoms with E-state index in [-0.39, 0.29) is 11.4 Å². The Labute approximate surface area is 128 Å². The van der Waals surface area contributed by atoms with Gasteiger partial charge in [0.15, 0.2) is 5.13 Å². The van der Waals surface area contributed by atoms with E-state index in [1.54, 1.807) is 0 Å². The molecule has 1 saturated heterocycles. The minimum absolute atomic E-state index is 0.0981. The van der Waals surface area contributed by atoms with Crippen LogP contribution in [0.1, 0.15) is 36.9 Å². The highest BCUT2D eigenvalue weighted by Crippen LogP contribution is 2.27. The highest BCUT2D eigenvalue weighted by Gasteiger charge is 2.21. The van der Waals surface area contributed by atoms with Crippen molar-refractivity contribution in [2.24, 2.45) is 5.92 Å². The number of nitrogens with zero attached hydrogens (tertiary/aromatic N) is 1. The van der Waals surface area contributed by atoms with E-state index in [0.29, 0.717) is 21.7 Å². The van der Waals surface area contributed by atoms with E-state index in [0.717, 1.165) is 12.3 Å². The van der Waals surface area contributed by atoms with Crippen LogP contribution < -0.4 is 16.4 Å². The van der Waals surface area contributed by atoms with Crippen molar-refractivity contribution in [3.63, 3.8) is 0 Å². The van der Waals surface area contributed by atoms with Crippen molar-refractivity contribution >= 4 is 40.0 Å². The molecule has 1 aromatic rings. The lowest BCUT2D eigenvalue weighted by Crippen LogP contribution is -2.29. The van der Waals surface area contributed by atoms with Crippen LogP contribution in [-0.2, 0) is 0 Å². The molecule has 1 amide bonds. The van der Waals surface area contributed by atoms with Crippen molar-refractivity contribution in [2.45, 2.75) is 32.7 Å². The SMILES string of the molecule is CC(C)(C)Nc1nc(N)c(C(=O)NCC2CCSC2)s1. The molecule has 0 saturated carbocycles. The third-order valence-corrected chi connectivity index (χ3v) is 5.13. The summed E-state index contributed by atoms with van der Waals surface area (Å²) in [4.78, 5) is 16.9. The molecule has 1 atom stereocenters. The van der Waals surface area contributed by atoms with Crippen molar-refractivity contribution < 1.29 is 4.79 Å². The first-order valence-corrected chi connectivity index (χ1v) is 8.73. The number of aromatic nitrogens is 1. The lowest BCUT2D eigenvalue weighted by atomic mass is 10.1. The maximum absolute atomic E-state index is 12.1. The van der Waals surface area contributed by atoms with Gasteiger partial charge >= 0.3 is 0 Å². The topological polar surface area (TPSA) is 80.0 Å². The molecule has 1 fully saturated rings. The summed E-state index contributed by atoms with van der Waals surface area (Å²) >= 11 is 3.26. The Morgan fingerprint density at radius 3 is 2.85 bits per heavy atom. The number of hydrogen-bond acceptors (Lipinski definition) is 6. The van der Waals surface area contributed by atoms with Gasteiger partial charge in [0.2, 0.25) is 0 Å². The zero-order valence-corrected chi connectivity index (χ0v) is 13.8. The number of amides is 1. The van der Waals surface area contributed by atoms with Gasteiger partial charge in [-0.2, -0.15) is 11.8 Å². The zero-order chi connectivity index (χ0) is 14.8. The van der Waals surface area contributed by atoms with E-state index < -0.39 is 0 Å². The Kier molecular flexibility index (Phi) is 4.80. The summed E-state index contributed by atoms with van der Waals surface area (Å²) in [6.07, 6.45) is 1.18. The lowest BCUT2D eigenvalue weighted by molar-refractivity contribution is 0.0953. The predicted octanol–water partition coefficient (Wildman–Crippen LogP) is 2.42. The molecule has 0 aliphatic carbocycles. The van der Waals surface area contributed by atoms with Crippen molar-refractivity contribution in [3.8, 4) is 0 Å². The van der Waals surface area contributed by atoms with Gasteiger partial charge in [0.05, 0.1) is 0 Å². The fourth-order valence-electron chi connectivity index (χ4n) is 1.93. The standard InChI is InChI=1S/C13H22N4OS2/c1-13(2,3)17-12-16-10(14)9(20-12)11(18)15-6-8-4-5-19-7-8/h8H,4-7,14H2,1-3H3,(H,15,18)(H,16,17). The van der Waals surface area contributed by atoms with Crippen molar-refractivity contribution in [1.29, 1.82) is 0 Å². The number of rotatable bonds is 4. The van der Waals surface area contributed by atoms with E-state index in [1.807, 2.05) is 32.5 Å². The van der Waals surface area contributed by atoms with Crippen molar-refractivity contribution in [2.75, 3.05) is 29.1 Å². The molecule has 1 aliphatic rings. The molecule has 0 radical (unpaired) electrons. The van der Waals surface area contributed by atoms with E-state index in [9.17, 15) is 4.79 Å². The summed E-state index contributed by atoms with van der Waals surface area (Å²) in [6, 6.07) is 0. The fourth-order valence-corrected chi connectivity index (χ4v) is 4.22. The molecule has 5 nitrogen and oxygen atoms in total. The Morgan fingerprint density at radius 1 is 1.50 bits per heavy atom. The van der Waals surface area contributed by atoms with E-state index in [4.69, 9.17) is 5.73 Å². The molecule has 0 bridgehead atoms. The molecule has 2 heterocycles. The number of nitrogens with two attached hydrogens (primary N) is 1. The largest absolute Gasteiger partial charge is 0.382 e. The third-order valence-electron chi connectivity index (χ3n) is 2.92. The van der Waals surface area contributed by atoms with Crippen LogP contribution in [-0.4, -0.2) is 34.5 Å². The van der Waals surface area contributed by atoms with Crippen LogP contribution in [0.25, 0.3) is 0 Å². The summed E-state index contributed by atoms with van der Waals surface area (Å²) in [5.74, 6) is 3.11. The van der Waals surface area contributed by atoms with Crippen LogP contribution in [0.5, 0.6) is 0 Å². The number of carbonyl (C=O) groups is 1. The van der Waals surface area contributed by atoms with E-state index in [1.165, 1.54) is 23.5 Å². The summed E-state index contributed by atoms with van der Waals surface area (Å²) in [5.41, 5.74) is 5.74. The second-order valence-corrected chi connectivity index (χ2v) is 8.20. The molecule has 0 spiro atoms. The molecular weight excluding hydrogens is 292 g/mol. The number of carbonyl (C=O) groups excluding carboxylic acids is 1. The number of nitrogens with one attached hydrogen (secondary N) is 2. The molecule has 0 aromatic carbocycles. The molecule has 2 rings (SSSR count). The number of hydrogen-bond donors (Lipinski definition) is 3. The van der Waals surface area contributed by atoms with Gasteiger partial charge < -0.3 is 16.4 Å². The van der Waals surface area contributed by atoms with Crippen LogP contribution in [0.15, 0.2) is 0 Å². The van der Waals surface area contributed by atoms with Crippen LogP contribution in [0.3, 0.4) is 0 Å². The smallest absolute Gasteiger partial charge is 0.265 e. The van der Waals surface area contributed by atoms with Crippen LogP contribution in [0.4, 0.5) is 10.9 Å². The van der Waals surface area contributed by atoms with E-state index in [2.05, 4.69) is 15.6 Å². The summed E-state index contributed by atoms with van der Waals surface area (Å²) < 4.78 is 0. The van der Waals surface area contributed by atoms with Crippen LogP contribution in [0.2, 0.25) is 0 Å². The van der Waals surface area contributed by atoms with Gasteiger partial charge in [-0.15, -0.1) is 0 Å². The van der Waals surface area contributed by atoms with Gasteiger partial charge in [0, 0.05) is 12.1 Å². The summed E-state index contributed by atoms with van der Waals surface area (Å²) in [6.45, 7) is 6.86. The number of thioether (sulfide) groups is 1. The van der Waals surface area contributed by atoms with Crippen molar-refractivity contribution in [3.05, 3.63) is 4.88 Å². The Morgan fingerprint density at radius 2 is 2.25 bits per heavy atom. The lowest BCUT2D eigenvalue weighted by Gasteiger charge is -2.19. The van der Waals surface area contributed by atoms with Crippen LogP contribution >= 0.6 is 23.1 Å². The Bertz CT molecular complexity index is 475. The van der Waals surface area contributed by atoms with Gasteiger partial charge in [-0.25, -0.2) is 4.98 Å². The van der Waals surface area contributed by atoms with Gasteiger partial charge in [-0.3, -0.25) is 4.79 Å². The normalized spacial score (nSPS) is 19.1. The summed E-state index contributed by atoms with van der Waals surface area (Å²) in [7, 11) is 0. The quantitative estimate of drug-likeness (QED) is 0.795. The maximum atomic E-state index is 12.1. The monoisotopic (exact) mass is 314 g/mol. The van der Waals surface area contributed by atoms with Crippen LogP contribution in [0, 0.1) is 5.92 Å². The Balaban J connectivity index is 1.95. The minimum Gasteiger partial charge on any atom is -0.382 e. The predicted molar refractivity (Wildman–Crippen MR) is 87.7 cm³/mol. The second kappa shape index (κ2) is 6.22. The highest BCUT2D eigenvalue weighted by atomic mass is 32.2. The van der Waals surface area contributed by atoms with E-state index >= 15 is 0 Å². The molecule has 7 heteroatoms. The third kappa shape index (κ3) is 4.28. The minimum atomic E-state index is -0.112. The Hall–Kier alpha value is -0.950. The average Bonchev–Trinajstić information content (AvgIpc) is 2.93. The molecule has 4 N–H and O–H groups in total. The number of thiazole rings is 1. The first-order valence-electron chi connectivity index (χ1n) is 6.75. The fraction of sp³-hybridized carbons (Fsp3) is 0.692. The van der Waals surface area contributed by atoms with Gasteiger partial charge in [-0.05, 0) is 44.6 Å². The highest BCUT2D eigenvalue weighted by molar-refractivity contribution is 7.99. The molecular formula is C13H22N4OS2. The molecule has 1 unspecified atom stereocenters.